The van der Waals surface area contributed by atoms with Crippen molar-refractivity contribution >= 4 is 11.1 Å². The summed E-state index contributed by atoms with van der Waals surface area (Å²) in [4.78, 5) is 14.6. The van der Waals surface area contributed by atoms with Crippen molar-refractivity contribution < 1.29 is 0 Å². The standard InChI is InChI=1S/C50H41N3/c1-6-17-34(4)39-22-15-24-43(30-39)49-51-35(5)52-50(53-49)44-25-16-23-41(31-44)48-32-40(36(7-2)8-3)26-28-46(48)42-27-29-45(37-18-11-9-12-19-37)47(33-42)38-20-13-10-14-21-38/h6-33H,2,4H2,1,3,5H3/b17-6-,36-8+. The van der Waals surface area contributed by atoms with Crippen molar-refractivity contribution in [2.45, 2.75) is 20.8 Å². The molecule has 0 unspecified atom stereocenters. The molecule has 0 amide bonds. The van der Waals surface area contributed by atoms with E-state index in [0.717, 1.165) is 55.7 Å². The van der Waals surface area contributed by atoms with Crippen molar-refractivity contribution in [3.8, 4) is 67.3 Å². The molecule has 3 nitrogen and oxygen atoms in total. The van der Waals surface area contributed by atoms with Gasteiger partial charge in [0, 0.05) is 11.1 Å². The second-order valence-electron chi connectivity index (χ2n) is 12.9. The number of aromatic nitrogens is 3. The molecule has 0 saturated carbocycles. The molecule has 0 saturated heterocycles. The van der Waals surface area contributed by atoms with Crippen LogP contribution in [-0.4, -0.2) is 15.0 Å². The summed E-state index contributed by atoms with van der Waals surface area (Å²) in [6.45, 7) is 14.3. The number of hydrogen-bond donors (Lipinski definition) is 0. The average Bonchev–Trinajstić information content (AvgIpc) is 3.21. The van der Waals surface area contributed by atoms with Crippen LogP contribution in [0, 0.1) is 6.92 Å². The molecule has 256 valence electrons. The molecule has 3 heteroatoms. The van der Waals surface area contributed by atoms with E-state index in [9.17, 15) is 0 Å². The summed E-state index contributed by atoms with van der Waals surface area (Å²) in [5.74, 6) is 1.92. The minimum Gasteiger partial charge on any atom is -0.213 e. The lowest BCUT2D eigenvalue weighted by Crippen LogP contribution is -2.00. The Bertz CT molecular complexity index is 2510. The van der Waals surface area contributed by atoms with Crippen molar-refractivity contribution in [2.24, 2.45) is 0 Å². The van der Waals surface area contributed by atoms with E-state index in [4.69, 9.17) is 15.0 Å². The van der Waals surface area contributed by atoms with Gasteiger partial charge in [0.2, 0.25) is 0 Å². The maximum atomic E-state index is 5.00. The molecule has 53 heavy (non-hydrogen) atoms. The Hall–Kier alpha value is -6.71. The van der Waals surface area contributed by atoms with Crippen LogP contribution in [-0.2, 0) is 0 Å². The van der Waals surface area contributed by atoms with Gasteiger partial charge in [0.15, 0.2) is 11.6 Å². The van der Waals surface area contributed by atoms with Crippen LogP contribution in [0.25, 0.3) is 78.4 Å². The smallest absolute Gasteiger partial charge is 0.163 e. The van der Waals surface area contributed by atoms with Crippen LogP contribution < -0.4 is 0 Å². The van der Waals surface area contributed by atoms with Crippen molar-refractivity contribution in [1.82, 2.24) is 15.0 Å². The molecule has 0 bridgehead atoms. The van der Waals surface area contributed by atoms with Crippen LogP contribution in [0.3, 0.4) is 0 Å². The van der Waals surface area contributed by atoms with Gasteiger partial charge in [-0.2, -0.15) is 0 Å². The Morgan fingerprint density at radius 1 is 0.491 bits per heavy atom. The zero-order valence-corrected chi connectivity index (χ0v) is 30.4. The first kappa shape index (κ1) is 34.7. The molecule has 0 N–H and O–H groups in total. The van der Waals surface area contributed by atoms with Gasteiger partial charge in [-0.05, 0) is 112 Å². The summed E-state index contributed by atoms with van der Waals surface area (Å²) in [7, 11) is 0. The van der Waals surface area contributed by atoms with E-state index < -0.39 is 0 Å². The molecule has 0 atom stereocenters. The molecule has 0 radical (unpaired) electrons. The lowest BCUT2D eigenvalue weighted by molar-refractivity contribution is 0.992. The highest BCUT2D eigenvalue weighted by Crippen LogP contribution is 2.40. The lowest BCUT2D eigenvalue weighted by atomic mass is 9.87. The van der Waals surface area contributed by atoms with E-state index in [1.807, 2.05) is 51.1 Å². The second kappa shape index (κ2) is 15.7. The number of aryl methyl sites for hydroxylation is 1. The fraction of sp³-hybridized carbons (Fsp3) is 0.0600. The van der Waals surface area contributed by atoms with Gasteiger partial charge in [-0.25, -0.2) is 15.0 Å². The number of rotatable bonds is 10. The minimum atomic E-state index is 0.628. The van der Waals surface area contributed by atoms with E-state index in [0.29, 0.717) is 17.5 Å². The highest BCUT2D eigenvalue weighted by atomic mass is 15.0. The third-order valence-corrected chi connectivity index (χ3v) is 9.42. The summed E-state index contributed by atoms with van der Waals surface area (Å²) in [5, 5.41) is 0. The maximum absolute atomic E-state index is 5.00. The molecule has 7 rings (SSSR count). The van der Waals surface area contributed by atoms with E-state index >= 15 is 0 Å². The van der Waals surface area contributed by atoms with Crippen LogP contribution in [0.2, 0.25) is 0 Å². The molecule has 1 aromatic heterocycles. The Morgan fingerprint density at radius 3 is 1.70 bits per heavy atom. The first-order valence-corrected chi connectivity index (χ1v) is 17.9. The van der Waals surface area contributed by atoms with Crippen molar-refractivity contribution in [1.29, 1.82) is 0 Å². The maximum Gasteiger partial charge on any atom is 0.163 e. The summed E-state index contributed by atoms with van der Waals surface area (Å²) in [6, 6.07) is 51.4. The van der Waals surface area contributed by atoms with E-state index in [1.54, 1.807) is 0 Å². The fourth-order valence-corrected chi connectivity index (χ4v) is 6.78. The van der Waals surface area contributed by atoms with Crippen molar-refractivity contribution in [3.05, 3.63) is 200 Å². The largest absolute Gasteiger partial charge is 0.213 e. The quantitative estimate of drug-likeness (QED) is 0.135. The molecule has 1 heterocycles. The Balaban J connectivity index is 1.37. The van der Waals surface area contributed by atoms with Gasteiger partial charge in [0.1, 0.15) is 5.82 Å². The van der Waals surface area contributed by atoms with Gasteiger partial charge in [0.25, 0.3) is 0 Å². The van der Waals surface area contributed by atoms with Gasteiger partial charge in [-0.1, -0.05) is 159 Å². The van der Waals surface area contributed by atoms with Gasteiger partial charge in [-0.3, -0.25) is 0 Å². The Kier molecular flexibility index (Phi) is 10.3. The molecular formula is C50H41N3. The number of benzene rings is 6. The molecule has 0 spiro atoms. The summed E-state index contributed by atoms with van der Waals surface area (Å²) >= 11 is 0. The first-order chi connectivity index (χ1) is 25.9. The normalized spacial score (nSPS) is 11.5. The molecule has 0 aliphatic heterocycles. The highest BCUT2D eigenvalue weighted by molar-refractivity contribution is 5.93. The van der Waals surface area contributed by atoms with Crippen molar-refractivity contribution in [2.75, 3.05) is 0 Å². The molecule has 0 aliphatic carbocycles. The Labute approximate surface area is 313 Å². The van der Waals surface area contributed by atoms with E-state index in [1.165, 1.54) is 22.3 Å². The fourth-order valence-electron chi connectivity index (χ4n) is 6.78. The predicted octanol–water partition coefficient (Wildman–Crippen LogP) is 13.4. The third-order valence-electron chi connectivity index (χ3n) is 9.42. The summed E-state index contributed by atoms with van der Waals surface area (Å²) in [6.07, 6.45) is 8.01. The lowest BCUT2D eigenvalue weighted by Gasteiger charge is -2.17. The molecule has 0 aliphatic rings. The Morgan fingerprint density at radius 2 is 1.04 bits per heavy atom. The minimum absolute atomic E-state index is 0.628. The van der Waals surface area contributed by atoms with E-state index in [2.05, 4.69) is 153 Å². The summed E-state index contributed by atoms with van der Waals surface area (Å²) in [5.41, 5.74) is 15.2. The molecular weight excluding hydrogens is 643 g/mol. The molecule has 6 aromatic carbocycles. The van der Waals surface area contributed by atoms with Gasteiger partial charge in [0.05, 0.1) is 0 Å². The van der Waals surface area contributed by atoms with E-state index in [-0.39, 0.29) is 0 Å². The van der Waals surface area contributed by atoms with Gasteiger partial charge < -0.3 is 0 Å². The van der Waals surface area contributed by atoms with Crippen LogP contribution in [0.5, 0.6) is 0 Å². The first-order valence-electron chi connectivity index (χ1n) is 17.9. The summed E-state index contributed by atoms with van der Waals surface area (Å²) < 4.78 is 0. The second-order valence-corrected chi connectivity index (χ2v) is 12.9. The zero-order valence-electron chi connectivity index (χ0n) is 30.4. The number of hydrogen-bond acceptors (Lipinski definition) is 3. The molecule has 7 aromatic rings. The van der Waals surface area contributed by atoms with Crippen LogP contribution in [0.4, 0.5) is 0 Å². The SMILES string of the molecule is C=C/C(=C\C)c1ccc(-c2ccc(-c3ccccc3)c(-c3ccccc3)c2)c(-c2cccc(-c3nc(C)nc(-c4cccc(C(=C)/C=C\C)c4)n3)c2)c1. The zero-order chi connectivity index (χ0) is 36.7. The monoisotopic (exact) mass is 683 g/mol. The van der Waals surface area contributed by atoms with Crippen molar-refractivity contribution in [3.63, 3.8) is 0 Å². The van der Waals surface area contributed by atoms with Gasteiger partial charge in [-0.15, -0.1) is 0 Å². The highest BCUT2D eigenvalue weighted by Gasteiger charge is 2.16. The van der Waals surface area contributed by atoms with Crippen LogP contribution >= 0.6 is 0 Å². The van der Waals surface area contributed by atoms with Crippen LogP contribution in [0.15, 0.2) is 183 Å². The van der Waals surface area contributed by atoms with Crippen LogP contribution in [0.1, 0.15) is 30.8 Å². The number of allylic oxidation sites excluding steroid dienone is 6. The molecule has 0 fully saturated rings. The average molecular weight is 684 g/mol. The third kappa shape index (κ3) is 7.51. The topological polar surface area (TPSA) is 38.7 Å². The van der Waals surface area contributed by atoms with Gasteiger partial charge >= 0.3 is 0 Å². The predicted molar refractivity (Wildman–Crippen MR) is 225 cm³/mol. The number of nitrogens with zero attached hydrogens (tertiary/aromatic N) is 3.